The van der Waals surface area contributed by atoms with Crippen molar-refractivity contribution in [2.24, 2.45) is 0 Å². The lowest BCUT2D eigenvalue weighted by molar-refractivity contribution is -0.137. The number of nitrogens with one attached hydrogen (secondary N) is 1. The summed E-state index contributed by atoms with van der Waals surface area (Å²) >= 11 is 13.0. The highest BCUT2D eigenvalue weighted by Crippen LogP contribution is 2.36. The number of halogens is 5. The summed E-state index contributed by atoms with van der Waals surface area (Å²) in [5.74, 6) is 0.426. The largest absolute Gasteiger partial charge is 0.417 e. The first kappa shape index (κ1) is 16.2. The van der Waals surface area contributed by atoms with Crippen LogP contribution in [-0.2, 0) is 6.18 Å². The Morgan fingerprint density at radius 1 is 1.19 bits per heavy atom. The SMILES string of the molecule is CNc1nc(Sc2ccc(C(F)(F)F)cn2)c(Cl)cc1Cl. The summed E-state index contributed by atoms with van der Waals surface area (Å²) in [7, 11) is 1.65. The van der Waals surface area contributed by atoms with Gasteiger partial charge in [0.2, 0.25) is 0 Å². The van der Waals surface area contributed by atoms with E-state index in [1.54, 1.807) is 7.05 Å². The molecule has 0 fully saturated rings. The van der Waals surface area contributed by atoms with Gasteiger partial charge < -0.3 is 5.32 Å². The van der Waals surface area contributed by atoms with Crippen molar-refractivity contribution in [2.45, 2.75) is 16.2 Å². The maximum absolute atomic E-state index is 12.5. The fourth-order valence-electron chi connectivity index (χ4n) is 1.40. The number of anilines is 1. The zero-order valence-electron chi connectivity index (χ0n) is 10.5. The summed E-state index contributed by atoms with van der Waals surface area (Å²) in [6.45, 7) is 0. The van der Waals surface area contributed by atoms with Gasteiger partial charge in [0.15, 0.2) is 0 Å². The molecule has 0 aliphatic heterocycles. The van der Waals surface area contributed by atoms with Gasteiger partial charge in [-0.1, -0.05) is 23.2 Å². The fourth-order valence-corrected chi connectivity index (χ4v) is 2.71. The summed E-state index contributed by atoms with van der Waals surface area (Å²) < 4.78 is 37.4. The fraction of sp³-hybridized carbons (Fsp3) is 0.167. The van der Waals surface area contributed by atoms with Crippen LogP contribution in [0.25, 0.3) is 0 Å². The maximum Gasteiger partial charge on any atom is 0.417 e. The van der Waals surface area contributed by atoms with Gasteiger partial charge in [-0.15, -0.1) is 0 Å². The third-order valence-electron chi connectivity index (χ3n) is 2.40. The lowest BCUT2D eigenvalue weighted by Crippen LogP contribution is -2.05. The van der Waals surface area contributed by atoms with Gasteiger partial charge in [0.25, 0.3) is 0 Å². The Morgan fingerprint density at radius 2 is 1.90 bits per heavy atom. The van der Waals surface area contributed by atoms with E-state index in [0.29, 0.717) is 25.9 Å². The van der Waals surface area contributed by atoms with Gasteiger partial charge in [-0.25, -0.2) is 9.97 Å². The molecule has 0 saturated carbocycles. The highest BCUT2D eigenvalue weighted by Gasteiger charge is 2.30. The molecule has 0 atom stereocenters. The van der Waals surface area contributed by atoms with Crippen LogP contribution in [0.4, 0.5) is 19.0 Å². The van der Waals surface area contributed by atoms with Crippen molar-refractivity contribution in [2.75, 3.05) is 12.4 Å². The van der Waals surface area contributed by atoms with E-state index < -0.39 is 11.7 Å². The quantitative estimate of drug-likeness (QED) is 0.842. The molecule has 2 aromatic rings. The van der Waals surface area contributed by atoms with Crippen LogP contribution >= 0.6 is 35.0 Å². The zero-order chi connectivity index (χ0) is 15.6. The molecule has 0 aliphatic carbocycles. The molecule has 3 nitrogen and oxygen atoms in total. The molecule has 2 heterocycles. The number of alkyl halides is 3. The molecule has 21 heavy (non-hydrogen) atoms. The van der Waals surface area contributed by atoms with Gasteiger partial charge in [0.1, 0.15) is 15.9 Å². The minimum atomic E-state index is -4.41. The van der Waals surface area contributed by atoms with E-state index in [2.05, 4.69) is 15.3 Å². The molecule has 112 valence electrons. The molecule has 0 aliphatic rings. The first-order chi connectivity index (χ1) is 9.81. The second-order valence-corrected chi connectivity index (χ2v) is 5.66. The number of aromatic nitrogens is 2. The van der Waals surface area contributed by atoms with E-state index in [-0.39, 0.29) is 0 Å². The Hall–Kier alpha value is -1.18. The third-order valence-corrected chi connectivity index (χ3v) is 4.04. The van der Waals surface area contributed by atoms with Crippen LogP contribution in [0.1, 0.15) is 5.56 Å². The smallest absolute Gasteiger partial charge is 0.372 e. The standard InChI is InChI=1S/C12H8Cl2F3N3S/c1-18-10-7(13)4-8(14)11(20-10)21-9-3-2-6(5-19-9)12(15,16)17/h2-5H,1H3,(H,18,20). The highest BCUT2D eigenvalue weighted by atomic mass is 35.5. The molecule has 0 amide bonds. The molecule has 0 spiro atoms. The van der Waals surface area contributed by atoms with Crippen LogP contribution in [0.3, 0.4) is 0 Å². The van der Waals surface area contributed by atoms with Crippen molar-refractivity contribution in [1.82, 2.24) is 9.97 Å². The highest BCUT2D eigenvalue weighted by molar-refractivity contribution is 7.99. The molecule has 9 heteroatoms. The number of rotatable bonds is 3. The molecule has 0 aromatic carbocycles. The van der Waals surface area contributed by atoms with Crippen LogP contribution in [-0.4, -0.2) is 17.0 Å². The Labute approximate surface area is 132 Å². The van der Waals surface area contributed by atoms with E-state index in [4.69, 9.17) is 23.2 Å². The average Bonchev–Trinajstić information content (AvgIpc) is 2.41. The van der Waals surface area contributed by atoms with Crippen molar-refractivity contribution < 1.29 is 13.2 Å². The second-order valence-electron chi connectivity index (χ2n) is 3.84. The van der Waals surface area contributed by atoms with Gasteiger partial charge >= 0.3 is 6.18 Å². The van der Waals surface area contributed by atoms with Crippen LogP contribution in [0, 0.1) is 0 Å². The summed E-state index contributed by atoms with van der Waals surface area (Å²) in [5.41, 5.74) is -0.807. The molecular weight excluding hydrogens is 346 g/mol. The molecule has 2 rings (SSSR count). The minimum absolute atomic E-state index is 0.297. The van der Waals surface area contributed by atoms with Gasteiger partial charge in [0, 0.05) is 13.2 Å². The van der Waals surface area contributed by atoms with Crippen molar-refractivity contribution in [1.29, 1.82) is 0 Å². The van der Waals surface area contributed by atoms with Crippen LogP contribution < -0.4 is 5.32 Å². The Balaban J connectivity index is 2.26. The Bertz CT molecular complexity index is 647. The first-order valence-corrected chi connectivity index (χ1v) is 7.13. The Kier molecular flexibility index (Phi) is 4.85. The first-order valence-electron chi connectivity index (χ1n) is 5.56. The zero-order valence-corrected chi connectivity index (χ0v) is 12.8. The molecule has 2 aromatic heterocycles. The third kappa shape index (κ3) is 3.93. The molecular formula is C12H8Cl2F3N3S. The van der Waals surface area contributed by atoms with Crippen molar-refractivity contribution in [3.05, 3.63) is 40.0 Å². The molecule has 0 radical (unpaired) electrons. The topological polar surface area (TPSA) is 37.8 Å². The molecule has 1 N–H and O–H groups in total. The van der Waals surface area contributed by atoms with Gasteiger partial charge in [-0.05, 0) is 30.0 Å². The summed E-state index contributed by atoms with van der Waals surface area (Å²) in [6, 6.07) is 3.73. The van der Waals surface area contributed by atoms with Crippen LogP contribution in [0.15, 0.2) is 34.4 Å². The lowest BCUT2D eigenvalue weighted by atomic mass is 10.3. The van der Waals surface area contributed by atoms with E-state index in [1.807, 2.05) is 0 Å². The predicted molar refractivity (Wildman–Crippen MR) is 77.2 cm³/mol. The maximum atomic E-state index is 12.5. The van der Waals surface area contributed by atoms with Crippen LogP contribution in [0.5, 0.6) is 0 Å². The molecule has 0 unspecified atom stereocenters. The van der Waals surface area contributed by atoms with Crippen molar-refractivity contribution >= 4 is 40.8 Å². The Morgan fingerprint density at radius 3 is 2.43 bits per heavy atom. The minimum Gasteiger partial charge on any atom is -0.372 e. The van der Waals surface area contributed by atoms with Crippen LogP contribution in [0.2, 0.25) is 10.0 Å². The molecule has 0 saturated heterocycles. The summed E-state index contributed by atoms with van der Waals surface area (Å²) in [5, 5.41) is 4.19. The summed E-state index contributed by atoms with van der Waals surface area (Å²) in [6.07, 6.45) is -3.64. The second kappa shape index (κ2) is 6.29. The number of nitrogens with zero attached hydrogens (tertiary/aromatic N) is 2. The van der Waals surface area contributed by atoms with E-state index in [0.717, 1.165) is 24.0 Å². The van der Waals surface area contributed by atoms with E-state index in [1.165, 1.54) is 12.1 Å². The van der Waals surface area contributed by atoms with Gasteiger partial charge in [-0.2, -0.15) is 13.2 Å². The van der Waals surface area contributed by atoms with Gasteiger partial charge in [-0.3, -0.25) is 0 Å². The predicted octanol–water partition coefficient (Wildman–Crippen LogP) is 5.00. The number of hydrogen-bond donors (Lipinski definition) is 1. The number of pyridine rings is 2. The molecule has 0 bridgehead atoms. The monoisotopic (exact) mass is 353 g/mol. The lowest BCUT2D eigenvalue weighted by Gasteiger charge is -2.09. The van der Waals surface area contributed by atoms with E-state index >= 15 is 0 Å². The average molecular weight is 354 g/mol. The van der Waals surface area contributed by atoms with E-state index in [9.17, 15) is 13.2 Å². The van der Waals surface area contributed by atoms with Gasteiger partial charge in [0.05, 0.1) is 15.6 Å². The normalized spacial score (nSPS) is 11.5. The summed E-state index contributed by atoms with van der Waals surface area (Å²) in [4.78, 5) is 7.93. The van der Waals surface area contributed by atoms with Crippen molar-refractivity contribution in [3.8, 4) is 0 Å². The van der Waals surface area contributed by atoms with Crippen molar-refractivity contribution in [3.63, 3.8) is 0 Å². The number of hydrogen-bond acceptors (Lipinski definition) is 4.